The van der Waals surface area contributed by atoms with E-state index in [0.29, 0.717) is 18.1 Å². The number of hydrogen-bond donors (Lipinski definition) is 0. The summed E-state index contributed by atoms with van der Waals surface area (Å²) in [5.74, 6) is 0.0488. The molecular weight excluding hydrogens is 389 g/mol. The number of likely N-dealkylation sites (N-methyl/N-ethyl adjacent to an activating group) is 1. The van der Waals surface area contributed by atoms with Crippen molar-refractivity contribution in [3.05, 3.63) is 47.0 Å². The Bertz CT molecular complexity index is 929. The molecule has 1 saturated heterocycles. The number of amides is 3. The maximum atomic E-state index is 13.4. The van der Waals surface area contributed by atoms with Crippen molar-refractivity contribution in [1.82, 2.24) is 19.6 Å². The highest BCUT2D eigenvalue weighted by molar-refractivity contribution is 6.05. The summed E-state index contributed by atoms with van der Waals surface area (Å²) in [6.07, 6.45) is 0.250. The van der Waals surface area contributed by atoms with Gasteiger partial charge in [0, 0.05) is 38.7 Å². The number of urea groups is 1. The van der Waals surface area contributed by atoms with Crippen LogP contribution in [-0.4, -0.2) is 77.0 Å². The third-order valence-corrected chi connectivity index (χ3v) is 5.99. The van der Waals surface area contributed by atoms with E-state index in [1.54, 1.807) is 26.3 Å². The van der Waals surface area contributed by atoms with Crippen LogP contribution in [0, 0.1) is 5.82 Å². The molecule has 3 aliphatic heterocycles. The van der Waals surface area contributed by atoms with E-state index in [2.05, 4.69) is 4.90 Å². The number of methoxy groups -OCH3 is 1. The van der Waals surface area contributed by atoms with Gasteiger partial charge in [0.05, 0.1) is 6.54 Å². The molecule has 4 rings (SSSR count). The van der Waals surface area contributed by atoms with Crippen molar-refractivity contribution >= 4 is 17.9 Å². The van der Waals surface area contributed by atoms with E-state index in [-0.39, 0.29) is 18.3 Å². The van der Waals surface area contributed by atoms with Crippen LogP contribution in [0.5, 0.6) is 0 Å². The molecule has 0 saturated carbocycles. The molecule has 1 aromatic rings. The fraction of sp³-hybridized carbons (Fsp3) is 0.476. The monoisotopic (exact) mass is 415 g/mol. The van der Waals surface area contributed by atoms with Crippen LogP contribution in [0.4, 0.5) is 9.18 Å². The molecule has 9 heteroatoms. The largest absolute Gasteiger partial charge is 0.385 e. The third-order valence-electron chi connectivity index (χ3n) is 5.99. The lowest BCUT2D eigenvalue weighted by molar-refractivity contribution is -0.137. The van der Waals surface area contributed by atoms with Gasteiger partial charge in [0.2, 0.25) is 5.96 Å². The van der Waals surface area contributed by atoms with E-state index in [9.17, 15) is 14.0 Å². The van der Waals surface area contributed by atoms with Crippen molar-refractivity contribution in [2.24, 2.45) is 4.99 Å². The van der Waals surface area contributed by atoms with Gasteiger partial charge >= 0.3 is 6.03 Å². The molecule has 3 amide bonds. The second-order valence-corrected chi connectivity index (χ2v) is 7.77. The second kappa shape index (κ2) is 7.71. The van der Waals surface area contributed by atoms with Gasteiger partial charge in [-0.3, -0.25) is 14.6 Å². The van der Waals surface area contributed by atoms with Crippen LogP contribution in [0.3, 0.4) is 0 Å². The van der Waals surface area contributed by atoms with Crippen LogP contribution in [0.15, 0.2) is 40.7 Å². The van der Waals surface area contributed by atoms with E-state index in [4.69, 9.17) is 9.73 Å². The van der Waals surface area contributed by atoms with Gasteiger partial charge in [0.1, 0.15) is 5.82 Å². The van der Waals surface area contributed by atoms with Crippen molar-refractivity contribution in [2.75, 3.05) is 27.3 Å². The second-order valence-electron chi connectivity index (χ2n) is 7.77. The smallest absolute Gasteiger partial charge is 0.328 e. The standard InChI is InChI=1S/C21H26FN5O3/c1-13-14(2)27-17-18(23-20(27)25(13)10-5-11-30-4)24(3)21(29)26(19(17)28)12-15-6-8-16(22)9-7-15/h6-9,17-18H,5,10-12H2,1-4H3. The van der Waals surface area contributed by atoms with Crippen LogP contribution in [0.2, 0.25) is 0 Å². The first-order valence-corrected chi connectivity index (χ1v) is 9.98. The summed E-state index contributed by atoms with van der Waals surface area (Å²) in [7, 11) is 3.33. The third kappa shape index (κ3) is 3.13. The van der Waals surface area contributed by atoms with Crippen LogP contribution in [-0.2, 0) is 16.1 Å². The zero-order valence-electron chi connectivity index (χ0n) is 17.6. The summed E-state index contributed by atoms with van der Waals surface area (Å²) in [6, 6.07) is 4.81. The van der Waals surface area contributed by atoms with Crippen molar-refractivity contribution in [1.29, 1.82) is 0 Å². The van der Waals surface area contributed by atoms with Gasteiger partial charge in [0.25, 0.3) is 5.91 Å². The molecule has 160 valence electrons. The number of fused-ring (bicyclic) bond motifs is 3. The number of nitrogens with zero attached hydrogens (tertiary/aromatic N) is 5. The highest BCUT2D eigenvalue weighted by Gasteiger charge is 2.55. The molecule has 2 unspecified atom stereocenters. The van der Waals surface area contributed by atoms with Crippen LogP contribution < -0.4 is 0 Å². The summed E-state index contributed by atoms with van der Waals surface area (Å²) in [6.45, 7) is 5.42. The molecule has 0 aliphatic carbocycles. The normalized spacial score (nSPS) is 23.4. The van der Waals surface area contributed by atoms with E-state index < -0.39 is 18.2 Å². The minimum atomic E-state index is -0.606. The number of carbonyl (C=O) groups is 2. The Kier molecular flexibility index (Phi) is 5.23. The molecule has 1 aromatic carbocycles. The molecule has 0 bridgehead atoms. The maximum Gasteiger partial charge on any atom is 0.328 e. The lowest BCUT2D eigenvalue weighted by Crippen LogP contribution is -2.64. The predicted molar refractivity (Wildman–Crippen MR) is 109 cm³/mol. The first kappa shape index (κ1) is 20.3. The van der Waals surface area contributed by atoms with Gasteiger partial charge in [-0.2, -0.15) is 0 Å². The maximum absolute atomic E-state index is 13.4. The minimum absolute atomic E-state index is 0.0912. The Morgan fingerprint density at radius 3 is 2.47 bits per heavy atom. The first-order chi connectivity index (χ1) is 14.3. The van der Waals surface area contributed by atoms with Gasteiger partial charge in [0.15, 0.2) is 12.2 Å². The number of guanidine groups is 1. The number of rotatable bonds is 6. The molecule has 0 N–H and O–H groups in total. The molecule has 3 aliphatic rings. The van der Waals surface area contributed by atoms with Crippen molar-refractivity contribution in [3.8, 4) is 0 Å². The number of halogens is 1. The molecule has 2 atom stereocenters. The van der Waals surface area contributed by atoms with Crippen LogP contribution >= 0.6 is 0 Å². The lowest BCUT2D eigenvalue weighted by atomic mass is 10.1. The summed E-state index contributed by atoms with van der Waals surface area (Å²) in [4.78, 5) is 37.9. The zero-order valence-corrected chi connectivity index (χ0v) is 17.6. The highest BCUT2D eigenvalue weighted by atomic mass is 19.1. The van der Waals surface area contributed by atoms with E-state index in [1.807, 2.05) is 18.7 Å². The number of benzene rings is 1. The van der Waals surface area contributed by atoms with Crippen LogP contribution in [0.1, 0.15) is 25.8 Å². The molecule has 8 nitrogen and oxygen atoms in total. The Morgan fingerprint density at radius 2 is 1.80 bits per heavy atom. The number of allylic oxidation sites excluding steroid dienone is 2. The summed E-state index contributed by atoms with van der Waals surface area (Å²) in [5, 5.41) is 0. The summed E-state index contributed by atoms with van der Waals surface area (Å²) >= 11 is 0. The van der Waals surface area contributed by atoms with Crippen LogP contribution in [0.25, 0.3) is 0 Å². The molecule has 30 heavy (non-hydrogen) atoms. The average Bonchev–Trinajstić information content (AvgIpc) is 3.22. The number of hydrogen-bond acceptors (Lipinski definition) is 6. The predicted octanol–water partition coefficient (Wildman–Crippen LogP) is 2.19. The Morgan fingerprint density at radius 1 is 1.10 bits per heavy atom. The quantitative estimate of drug-likeness (QED) is 0.667. The van der Waals surface area contributed by atoms with Crippen molar-refractivity contribution in [3.63, 3.8) is 0 Å². The minimum Gasteiger partial charge on any atom is -0.385 e. The molecule has 1 fully saturated rings. The number of imide groups is 1. The number of carbonyl (C=O) groups excluding carboxylic acids is 2. The molecule has 0 radical (unpaired) electrons. The highest BCUT2D eigenvalue weighted by Crippen LogP contribution is 2.38. The fourth-order valence-corrected chi connectivity index (χ4v) is 4.23. The van der Waals surface area contributed by atoms with Gasteiger partial charge < -0.3 is 14.5 Å². The van der Waals surface area contributed by atoms with E-state index >= 15 is 0 Å². The van der Waals surface area contributed by atoms with Gasteiger partial charge in [-0.1, -0.05) is 12.1 Å². The van der Waals surface area contributed by atoms with Gasteiger partial charge in [-0.05, 0) is 38.0 Å². The Hall–Kier alpha value is -2.94. The first-order valence-electron chi connectivity index (χ1n) is 9.98. The SMILES string of the molecule is COCCCN1C2=NC3C(C(=O)N(Cc4ccc(F)cc4)C(=O)N3C)N2C(C)=C1C. The average molecular weight is 415 g/mol. The Balaban J connectivity index is 1.61. The van der Waals surface area contributed by atoms with Crippen molar-refractivity contribution in [2.45, 2.75) is 39.0 Å². The zero-order chi connectivity index (χ0) is 21.6. The number of aliphatic imine (C=N–C) groups is 1. The number of ether oxygens (including phenoxy) is 1. The molecule has 3 heterocycles. The van der Waals surface area contributed by atoms with E-state index in [0.717, 1.165) is 24.4 Å². The molecular formula is C21H26FN5O3. The molecule has 0 aromatic heterocycles. The van der Waals surface area contributed by atoms with Crippen molar-refractivity contribution < 1.29 is 18.7 Å². The molecule has 0 spiro atoms. The summed E-state index contributed by atoms with van der Waals surface area (Å²) < 4.78 is 18.4. The van der Waals surface area contributed by atoms with Gasteiger partial charge in [-0.15, -0.1) is 0 Å². The topological polar surface area (TPSA) is 68.7 Å². The summed E-state index contributed by atoms with van der Waals surface area (Å²) in [5.41, 5.74) is 2.69. The van der Waals surface area contributed by atoms with Gasteiger partial charge in [-0.25, -0.2) is 14.2 Å². The van der Waals surface area contributed by atoms with E-state index in [1.165, 1.54) is 21.9 Å². The lowest BCUT2D eigenvalue weighted by Gasteiger charge is -2.40. The Labute approximate surface area is 175 Å². The fourth-order valence-electron chi connectivity index (χ4n) is 4.23.